The van der Waals surface area contributed by atoms with Gasteiger partial charge in [-0.1, -0.05) is 67.3 Å². The normalized spacial score (nSPS) is 16.7. The monoisotopic (exact) mass is 616 g/mol. The Morgan fingerprint density at radius 2 is 1.64 bits per heavy atom. The summed E-state index contributed by atoms with van der Waals surface area (Å²) >= 11 is 0. The molecule has 0 saturated carbocycles. The fourth-order valence-electron chi connectivity index (χ4n) is 5.80. The minimum absolute atomic E-state index is 0.248. The van der Waals surface area contributed by atoms with Gasteiger partial charge in [-0.2, -0.15) is 13.2 Å². The third-order valence-corrected chi connectivity index (χ3v) is 8.14. The number of nitrogens with two attached hydrogens (primary N) is 1. The number of rotatable bonds is 7. The first-order chi connectivity index (χ1) is 21.6. The van der Waals surface area contributed by atoms with Crippen molar-refractivity contribution in [2.75, 3.05) is 24.7 Å². The summed E-state index contributed by atoms with van der Waals surface area (Å²) in [5.74, 6) is 6.31. The molecule has 2 heterocycles. The van der Waals surface area contributed by atoms with Crippen molar-refractivity contribution in [1.82, 2.24) is 9.80 Å². The first-order valence-electron chi connectivity index (χ1n) is 14.8. The van der Waals surface area contributed by atoms with Crippen molar-refractivity contribution < 1.29 is 27.5 Å². The molecule has 45 heavy (non-hydrogen) atoms. The Morgan fingerprint density at radius 1 is 1.00 bits per heavy atom. The predicted octanol–water partition coefficient (Wildman–Crippen LogP) is 7.42. The third-order valence-electron chi connectivity index (χ3n) is 8.14. The van der Waals surface area contributed by atoms with Crippen LogP contribution in [0.15, 0.2) is 109 Å². The quantitative estimate of drug-likeness (QED) is 0.129. The van der Waals surface area contributed by atoms with Crippen LogP contribution >= 0.6 is 0 Å². The van der Waals surface area contributed by atoms with Crippen LogP contribution in [0.4, 0.5) is 23.7 Å². The number of ether oxygens (including phenoxy) is 1. The minimum atomic E-state index is -4.47. The van der Waals surface area contributed by atoms with Gasteiger partial charge in [0.1, 0.15) is 6.04 Å². The highest BCUT2D eigenvalue weighted by molar-refractivity contribution is 5.99. The highest BCUT2D eigenvalue weighted by Gasteiger charge is 2.34. The Bertz CT molecular complexity index is 1580. The molecule has 2 aliphatic heterocycles. The van der Waals surface area contributed by atoms with Gasteiger partial charge in [-0.3, -0.25) is 9.80 Å². The fraction of sp³-hybridized carbons (Fsp3) is 0.257. The summed E-state index contributed by atoms with van der Waals surface area (Å²) in [6.07, 6.45) is 2.14. The number of anilines is 1. The van der Waals surface area contributed by atoms with Crippen LogP contribution in [0.1, 0.15) is 54.0 Å². The zero-order valence-corrected chi connectivity index (χ0v) is 24.9. The van der Waals surface area contributed by atoms with E-state index in [1.807, 2.05) is 42.5 Å². The maximum Gasteiger partial charge on any atom is 0.416 e. The fourth-order valence-corrected chi connectivity index (χ4v) is 5.80. The molecule has 2 aliphatic rings. The van der Waals surface area contributed by atoms with Gasteiger partial charge in [-0.05, 0) is 91.9 Å². The number of hydrogen-bond acceptors (Lipinski definition) is 5. The number of nitrogens with zero attached hydrogens (tertiary/aromatic N) is 3. The molecule has 7 nitrogen and oxygen atoms in total. The predicted molar refractivity (Wildman–Crippen MR) is 167 cm³/mol. The van der Waals surface area contributed by atoms with Crippen molar-refractivity contribution >= 4 is 23.4 Å². The number of benzene rings is 3. The number of allylic oxidation sites excluding steroid dienone is 3. The Labute approximate surface area is 260 Å². The summed E-state index contributed by atoms with van der Waals surface area (Å²) < 4.78 is 44.7. The van der Waals surface area contributed by atoms with Crippen molar-refractivity contribution in [1.29, 1.82) is 0 Å². The smallest absolute Gasteiger partial charge is 0.416 e. The molecule has 10 heteroatoms. The molecule has 2 amide bonds. The number of hydrazine groups is 1. The maximum absolute atomic E-state index is 13.6. The molecule has 1 atom stereocenters. The lowest BCUT2D eigenvalue weighted by atomic mass is 9.88. The van der Waals surface area contributed by atoms with Crippen molar-refractivity contribution in [3.05, 3.63) is 132 Å². The van der Waals surface area contributed by atoms with E-state index in [1.54, 1.807) is 37.3 Å². The van der Waals surface area contributed by atoms with E-state index in [1.165, 1.54) is 17.0 Å². The van der Waals surface area contributed by atoms with Crippen LogP contribution in [-0.2, 0) is 15.7 Å². The average molecular weight is 617 g/mol. The lowest BCUT2D eigenvalue weighted by molar-refractivity contribution is -0.150. The van der Waals surface area contributed by atoms with Crippen LogP contribution < -0.4 is 10.9 Å². The van der Waals surface area contributed by atoms with Crippen molar-refractivity contribution in [2.45, 2.75) is 37.9 Å². The van der Waals surface area contributed by atoms with Crippen LogP contribution in [0, 0.1) is 0 Å². The van der Waals surface area contributed by atoms with Gasteiger partial charge in [0.2, 0.25) is 0 Å². The van der Waals surface area contributed by atoms with Crippen LogP contribution in [0.25, 0.3) is 5.70 Å². The number of esters is 1. The van der Waals surface area contributed by atoms with Crippen molar-refractivity contribution in [3.8, 4) is 0 Å². The van der Waals surface area contributed by atoms with E-state index >= 15 is 0 Å². The van der Waals surface area contributed by atoms with Crippen molar-refractivity contribution in [3.63, 3.8) is 0 Å². The summed E-state index contributed by atoms with van der Waals surface area (Å²) in [7, 11) is 0. The van der Waals surface area contributed by atoms with Crippen molar-refractivity contribution in [2.24, 2.45) is 5.84 Å². The molecule has 3 aromatic rings. The molecular formula is C35H35F3N4O3. The first-order valence-corrected chi connectivity index (χ1v) is 14.8. The second-order valence-electron chi connectivity index (χ2n) is 10.9. The molecule has 1 unspecified atom stereocenters. The van der Waals surface area contributed by atoms with E-state index in [0.29, 0.717) is 29.3 Å². The number of urea groups is 1. The second-order valence-corrected chi connectivity index (χ2v) is 10.9. The van der Waals surface area contributed by atoms with E-state index in [4.69, 9.17) is 10.6 Å². The second kappa shape index (κ2) is 13.5. The zero-order chi connectivity index (χ0) is 32.1. The molecule has 1 saturated heterocycles. The number of hydrogen-bond donors (Lipinski definition) is 1. The van der Waals surface area contributed by atoms with E-state index in [9.17, 15) is 22.8 Å². The van der Waals surface area contributed by atoms with E-state index in [-0.39, 0.29) is 11.9 Å². The number of likely N-dealkylation sites (tertiary alicyclic amines) is 1. The third kappa shape index (κ3) is 7.02. The van der Waals surface area contributed by atoms with E-state index < -0.39 is 23.8 Å². The van der Waals surface area contributed by atoms with E-state index in [2.05, 4.69) is 11.5 Å². The summed E-state index contributed by atoms with van der Waals surface area (Å²) in [5, 5.41) is 0.998. The molecule has 0 aliphatic carbocycles. The Morgan fingerprint density at radius 3 is 2.24 bits per heavy atom. The molecular weight excluding hydrogens is 581 g/mol. The van der Waals surface area contributed by atoms with Crippen LogP contribution in [0.2, 0.25) is 0 Å². The first kappa shape index (κ1) is 31.7. The van der Waals surface area contributed by atoms with Crippen LogP contribution in [-0.4, -0.2) is 41.5 Å². The molecule has 3 aromatic carbocycles. The van der Waals surface area contributed by atoms with Gasteiger partial charge in [-0.15, -0.1) is 0 Å². The number of carbonyl (C=O) groups excluding carboxylic acids is 2. The summed E-state index contributed by atoms with van der Waals surface area (Å²) in [6, 6.07) is 20.6. The number of piperidine rings is 1. The molecule has 0 radical (unpaired) electrons. The molecule has 1 fully saturated rings. The minimum Gasteiger partial charge on any atom is -0.465 e. The highest BCUT2D eigenvalue weighted by atomic mass is 19.4. The molecule has 0 spiro atoms. The van der Waals surface area contributed by atoms with E-state index in [0.717, 1.165) is 54.2 Å². The molecule has 0 bridgehead atoms. The maximum atomic E-state index is 13.6. The summed E-state index contributed by atoms with van der Waals surface area (Å²) in [6.45, 7) is 7.50. The number of carbonyl (C=O) groups is 2. The van der Waals surface area contributed by atoms with Gasteiger partial charge in [0.15, 0.2) is 0 Å². The number of alkyl halides is 3. The van der Waals surface area contributed by atoms with Crippen LogP contribution in [0.3, 0.4) is 0 Å². The Hall–Kier alpha value is -4.67. The summed E-state index contributed by atoms with van der Waals surface area (Å²) in [5.41, 5.74) is 2.77. The van der Waals surface area contributed by atoms with Gasteiger partial charge in [0.25, 0.3) is 0 Å². The topological polar surface area (TPSA) is 79.1 Å². The zero-order valence-electron chi connectivity index (χ0n) is 24.9. The summed E-state index contributed by atoms with van der Waals surface area (Å²) in [4.78, 5) is 29.9. The largest absolute Gasteiger partial charge is 0.465 e. The highest BCUT2D eigenvalue weighted by Crippen LogP contribution is 2.35. The number of halogens is 3. The van der Waals surface area contributed by atoms with Gasteiger partial charge >= 0.3 is 18.2 Å². The van der Waals surface area contributed by atoms with Gasteiger partial charge < -0.3 is 4.74 Å². The van der Waals surface area contributed by atoms with Crippen LogP contribution in [0.5, 0.6) is 0 Å². The van der Waals surface area contributed by atoms with Gasteiger partial charge in [0.05, 0.1) is 23.6 Å². The average Bonchev–Trinajstić information content (AvgIpc) is 3.05. The number of amides is 2. The molecule has 234 valence electrons. The molecule has 0 aromatic heterocycles. The lowest BCUT2D eigenvalue weighted by Crippen LogP contribution is -2.46. The molecule has 5 rings (SSSR count). The lowest BCUT2D eigenvalue weighted by Gasteiger charge is -2.36. The standard InChI is InChI=1S/C35H35F3N4O3/c1-3-45-33(43)32(28-9-5-4-6-10-28)40-22-20-26(21-23-40)25-14-18-30(19-15-25)42(39)34(44)41-24(2)8-7-11-31(41)27-12-16-29(17-13-27)35(36,37)38/h4-19,26,32H,2-3,20-23,39H2,1H3. The van der Waals surface area contributed by atoms with Gasteiger partial charge in [0, 0.05) is 5.70 Å². The Kier molecular flexibility index (Phi) is 9.55. The van der Waals surface area contributed by atoms with Gasteiger partial charge in [-0.25, -0.2) is 20.4 Å². The SMILES string of the molecule is C=C1C=CC=C(c2ccc(C(F)(F)F)cc2)N1C(=O)N(N)c1ccc(C2CCN(C(C(=O)OCC)c3ccccc3)CC2)cc1. The molecule has 2 N–H and O–H groups in total. The Balaban J connectivity index is 1.26.